The fourth-order valence-electron chi connectivity index (χ4n) is 1.71. The Morgan fingerprint density at radius 1 is 1.19 bits per heavy atom. The van der Waals surface area contributed by atoms with Crippen molar-refractivity contribution in [2.75, 3.05) is 13.6 Å². The molecule has 0 spiro atoms. The number of hydrogen-bond acceptors (Lipinski definition) is 4. The quantitative estimate of drug-likeness (QED) is 0.870. The zero-order chi connectivity index (χ0) is 15.3. The van der Waals surface area contributed by atoms with E-state index in [1.165, 1.54) is 25.4 Å². The molecule has 7 heteroatoms. The molecule has 0 saturated carbocycles. The summed E-state index contributed by atoms with van der Waals surface area (Å²) in [5.41, 5.74) is 0. The summed E-state index contributed by atoms with van der Waals surface area (Å²) in [6.45, 7) is -0.0248. The first-order valence-electron chi connectivity index (χ1n) is 6.30. The molecule has 0 atom stereocenters. The summed E-state index contributed by atoms with van der Waals surface area (Å²) < 4.78 is 30.5. The summed E-state index contributed by atoms with van der Waals surface area (Å²) in [7, 11) is -2.29. The van der Waals surface area contributed by atoms with Gasteiger partial charge in [0.15, 0.2) is 0 Å². The Morgan fingerprint density at radius 3 is 2.52 bits per heavy atom. The Labute approximate surface area is 123 Å². The summed E-state index contributed by atoms with van der Waals surface area (Å²) in [5.74, 6) is 0.213. The minimum atomic E-state index is -3.66. The first-order chi connectivity index (χ1) is 10.00. The number of nitrogens with zero attached hydrogens (tertiary/aromatic N) is 1. The van der Waals surface area contributed by atoms with Gasteiger partial charge in [-0.15, -0.1) is 0 Å². The molecule has 0 aliphatic heterocycles. The van der Waals surface area contributed by atoms with Crippen molar-refractivity contribution >= 4 is 15.9 Å². The second-order valence-electron chi connectivity index (χ2n) is 4.43. The number of amides is 1. The van der Waals surface area contributed by atoms with Crippen LogP contribution in [0.3, 0.4) is 0 Å². The first kappa shape index (κ1) is 15.3. The number of rotatable bonds is 6. The zero-order valence-corrected chi connectivity index (χ0v) is 12.3. The summed E-state index contributed by atoms with van der Waals surface area (Å²) in [5, 5.41) is 2.60. The predicted octanol–water partition coefficient (Wildman–Crippen LogP) is 1.22. The highest BCUT2D eigenvalue weighted by molar-refractivity contribution is 7.89. The average Bonchev–Trinajstić information content (AvgIpc) is 2.99. The summed E-state index contributed by atoms with van der Waals surface area (Å²) in [4.78, 5) is 11.9. The Hall–Kier alpha value is -2.12. The van der Waals surface area contributed by atoms with E-state index in [9.17, 15) is 13.2 Å². The van der Waals surface area contributed by atoms with E-state index in [2.05, 4.69) is 5.32 Å². The van der Waals surface area contributed by atoms with Crippen molar-refractivity contribution in [1.29, 1.82) is 0 Å². The molecule has 1 heterocycles. The Balaban J connectivity index is 1.94. The van der Waals surface area contributed by atoms with Crippen molar-refractivity contribution in [3.63, 3.8) is 0 Å². The molecule has 2 rings (SSSR count). The molecule has 21 heavy (non-hydrogen) atoms. The van der Waals surface area contributed by atoms with Crippen LogP contribution in [0.5, 0.6) is 0 Å². The average molecular weight is 308 g/mol. The highest BCUT2D eigenvalue weighted by atomic mass is 32.2. The van der Waals surface area contributed by atoms with E-state index < -0.39 is 15.9 Å². The molecule has 1 N–H and O–H groups in total. The minimum Gasteiger partial charge on any atom is -0.467 e. The lowest BCUT2D eigenvalue weighted by molar-refractivity contribution is -0.121. The maximum absolute atomic E-state index is 12.2. The fraction of sp³-hybridized carbons (Fsp3) is 0.214. The van der Waals surface area contributed by atoms with Crippen LogP contribution in [0, 0.1) is 0 Å². The van der Waals surface area contributed by atoms with E-state index in [1.54, 1.807) is 30.3 Å². The van der Waals surface area contributed by atoms with E-state index in [0.717, 1.165) is 4.31 Å². The molecular formula is C14H16N2O4S. The third-order valence-electron chi connectivity index (χ3n) is 2.86. The monoisotopic (exact) mass is 308 g/mol. The highest BCUT2D eigenvalue weighted by Crippen LogP contribution is 2.12. The number of hydrogen-bond donors (Lipinski definition) is 1. The molecule has 0 saturated heterocycles. The topological polar surface area (TPSA) is 79.6 Å². The summed E-state index contributed by atoms with van der Waals surface area (Å²) in [6.07, 6.45) is 1.51. The fourth-order valence-corrected chi connectivity index (χ4v) is 2.86. The Kier molecular flexibility index (Phi) is 4.77. The Bertz CT molecular complexity index is 681. The summed E-state index contributed by atoms with van der Waals surface area (Å²) in [6, 6.07) is 11.4. The molecule has 0 radical (unpaired) electrons. The van der Waals surface area contributed by atoms with Crippen LogP contribution in [0.1, 0.15) is 5.76 Å². The number of sulfonamides is 1. The molecule has 0 unspecified atom stereocenters. The maximum atomic E-state index is 12.2. The van der Waals surface area contributed by atoms with Gasteiger partial charge in [0.25, 0.3) is 0 Å². The first-order valence-corrected chi connectivity index (χ1v) is 7.74. The lowest BCUT2D eigenvalue weighted by Crippen LogP contribution is -2.38. The zero-order valence-electron chi connectivity index (χ0n) is 11.5. The number of nitrogens with one attached hydrogen (secondary N) is 1. The molecule has 1 aromatic heterocycles. The van der Waals surface area contributed by atoms with Crippen LogP contribution in [0.15, 0.2) is 58.0 Å². The van der Waals surface area contributed by atoms with Gasteiger partial charge in [-0.25, -0.2) is 8.42 Å². The van der Waals surface area contributed by atoms with Gasteiger partial charge in [0.2, 0.25) is 15.9 Å². The van der Waals surface area contributed by atoms with Crippen molar-refractivity contribution < 1.29 is 17.6 Å². The van der Waals surface area contributed by atoms with E-state index in [-0.39, 0.29) is 18.0 Å². The van der Waals surface area contributed by atoms with Gasteiger partial charge in [-0.2, -0.15) is 4.31 Å². The van der Waals surface area contributed by atoms with Crippen LogP contribution in [0.2, 0.25) is 0 Å². The smallest absolute Gasteiger partial charge is 0.243 e. The number of likely N-dealkylation sites (N-methyl/N-ethyl adjacent to an activating group) is 1. The van der Waals surface area contributed by atoms with Gasteiger partial charge < -0.3 is 9.73 Å². The second kappa shape index (κ2) is 6.55. The number of furan rings is 1. The van der Waals surface area contributed by atoms with Gasteiger partial charge in [0.1, 0.15) is 5.76 Å². The van der Waals surface area contributed by atoms with Gasteiger partial charge in [-0.1, -0.05) is 18.2 Å². The van der Waals surface area contributed by atoms with Crippen molar-refractivity contribution in [1.82, 2.24) is 9.62 Å². The van der Waals surface area contributed by atoms with Crippen molar-refractivity contribution in [3.05, 3.63) is 54.5 Å². The van der Waals surface area contributed by atoms with Crippen LogP contribution in [-0.4, -0.2) is 32.2 Å². The molecule has 0 fully saturated rings. The third-order valence-corrected chi connectivity index (χ3v) is 4.68. The minimum absolute atomic E-state index is 0.159. The van der Waals surface area contributed by atoms with Crippen LogP contribution in [0.25, 0.3) is 0 Å². The van der Waals surface area contributed by atoms with Gasteiger partial charge in [0.05, 0.1) is 24.2 Å². The summed E-state index contributed by atoms with van der Waals surface area (Å²) >= 11 is 0. The van der Waals surface area contributed by atoms with Crippen molar-refractivity contribution in [2.24, 2.45) is 0 Å². The largest absolute Gasteiger partial charge is 0.467 e. The molecule has 2 aromatic rings. The predicted molar refractivity (Wildman–Crippen MR) is 76.8 cm³/mol. The molecule has 6 nitrogen and oxygen atoms in total. The van der Waals surface area contributed by atoms with Crippen LogP contribution < -0.4 is 5.32 Å². The normalized spacial score (nSPS) is 11.5. The van der Waals surface area contributed by atoms with Gasteiger partial charge in [0, 0.05) is 7.05 Å². The van der Waals surface area contributed by atoms with Crippen LogP contribution in [-0.2, 0) is 21.4 Å². The van der Waals surface area contributed by atoms with Crippen molar-refractivity contribution in [2.45, 2.75) is 11.4 Å². The third kappa shape index (κ3) is 3.93. The van der Waals surface area contributed by atoms with E-state index in [4.69, 9.17) is 4.42 Å². The lowest BCUT2D eigenvalue weighted by Gasteiger charge is -2.16. The van der Waals surface area contributed by atoms with Crippen molar-refractivity contribution in [3.8, 4) is 0 Å². The van der Waals surface area contributed by atoms with Crippen LogP contribution in [0.4, 0.5) is 0 Å². The number of benzene rings is 1. The molecular weight excluding hydrogens is 292 g/mol. The molecule has 0 aliphatic rings. The number of carbonyl (C=O) groups excluding carboxylic acids is 1. The van der Waals surface area contributed by atoms with E-state index in [0.29, 0.717) is 5.76 Å². The second-order valence-corrected chi connectivity index (χ2v) is 6.48. The standard InChI is InChI=1S/C14H16N2O4S/c1-16(21(18,19)13-7-3-2-4-8-13)11-14(17)15-10-12-6-5-9-20-12/h2-9H,10-11H2,1H3,(H,15,17). The molecule has 0 aliphatic carbocycles. The van der Waals surface area contributed by atoms with Gasteiger partial charge in [-0.3, -0.25) is 4.79 Å². The highest BCUT2D eigenvalue weighted by Gasteiger charge is 2.22. The van der Waals surface area contributed by atoms with Gasteiger partial charge in [-0.05, 0) is 24.3 Å². The van der Waals surface area contributed by atoms with E-state index >= 15 is 0 Å². The lowest BCUT2D eigenvalue weighted by atomic mass is 10.4. The molecule has 1 amide bonds. The Morgan fingerprint density at radius 2 is 1.90 bits per heavy atom. The maximum Gasteiger partial charge on any atom is 0.243 e. The van der Waals surface area contributed by atoms with E-state index in [1.807, 2.05) is 0 Å². The molecule has 0 bridgehead atoms. The molecule has 1 aromatic carbocycles. The number of carbonyl (C=O) groups is 1. The molecule has 112 valence electrons. The van der Waals surface area contributed by atoms with Crippen LogP contribution >= 0.6 is 0 Å². The SMILES string of the molecule is CN(CC(=O)NCc1ccco1)S(=O)(=O)c1ccccc1. The van der Waals surface area contributed by atoms with Gasteiger partial charge >= 0.3 is 0 Å².